The van der Waals surface area contributed by atoms with Crippen molar-refractivity contribution >= 4 is 12.3 Å². The molecule has 8 heteroatoms. The molecule has 0 heterocycles. The third kappa shape index (κ3) is 9.03. The van der Waals surface area contributed by atoms with Crippen LogP contribution in [-0.2, 0) is 18.9 Å². The summed E-state index contributed by atoms with van der Waals surface area (Å²) in [6.45, 7) is -1.26. The number of ether oxygens (including phenoxy) is 4. The molecular weight excluding hydrogens is 224 g/mol. The van der Waals surface area contributed by atoms with Gasteiger partial charge in [-0.15, -0.1) is 0 Å². The summed E-state index contributed by atoms with van der Waals surface area (Å²) < 4.78 is 17.6. The first kappa shape index (κ1) is 14.5. The van der Waals surface area contributed by atoms with Crippen LogP contribution in [0.25, 0.3) is 0 Å². The number of hydrogen-bond donors (Lipinski definition) is 2. The molecule has 0 fully saturated rings. The predicted molar refractivity (Wildman–Crippen MR) is 48.8 cm³/mol. The lowest BCUT2D eigenvalue weighted by Crippen LogP contribution is -2.17. The Bertz CT molecular complexity index is 182. The van der Waals surface area contributed by atoms with Crippen LogP contribution in [0.15, 0.2) is 0 Å². The maximum absolute atomic E-state index is 10.7. The molecule has 0 radical (unpaired) electrons. The summed E-state index contributed by atoms with van der Waals surface area (Å²) in [5, 5.41) is 16.6. The van der Waals surface area contributed by atoms with Crippen molar-refractivity contribution in [2.75, 3.05) is 39.6 Å². The average molecular weight is 238 g/mol. The van der Waals surface area contributed by atoms with E-state index in [4.69, 9.17) is 10.2 Å². The minimum Gasteiger partial charge on any atom is -0.432 e. The summed E-state index contributed by atoms with van der Waals surface area (Å²) >= 11 is 0. The molecule has 0 aromatic carbocycles. The van der Waals surface area contributed by atoms with Crippen LogP contribution in [0, 0.1) is 0 Å². The van der Waals surface area contributed by atoms with E-state index in [1.165, 1.54) is 0 Å². The molecule has 0 amide bonds. The fourth-order valence-corrected chi connectivity index (χ4v) is 0.591. The molecule has 94 valence electrons. The molecular formula is C8H14O8. The molecule has 0 unspecified atom stereocenters. The Balaban J connectivity index is 3.31. The molecule has 0 saturated heterocycles. The van der Waals surface area contributed by atoms with Crippen LogP contribution in [0.4, 0.5) is 9.59 Å². The zero-order valence-corrected chi connectivity index (χ0v) is 8.59. The van der Waals surface area contributed by atoms with E-state index in [1.54, 1.807) is 0 Å². The highest BCUT2D eigenvalue weighted by atomic mass is 16.7. The fraction of sp³-hybridized carbons (Fsp3) is 0.750. The average Bonchev–Trinajstić information content (AvgIpc) is 2.29. The lowest BCUT2D eigenvalue weighted by molar-refractivity contribution is 0.0106. The molecule has 0 aromatic heterocycles. The van der Waals surface area contributed by atoms with Crippen molar-refractivity contribution in [2.45, 2.75) is 0 Å². The summed E-state index contributed by atoms with van der Waals surface area (Å²) in [5.74, 6) is 0. The highest BCUT2D eigenvalue weighted by Gasteiger charge is 2.05. The number of aliphatic hydroxyl groups is 2. The van der Waals surface area contributed by atoms with E-state index in [-0.39, 0.29) is 39.6 Å². The summed E-state index contributed by atoms with van der Waals surface area (Å²) in [4.78, 5) is 21.3. The van der Waals surface area contributed by atoms with Crippen LogP contribution in [0.5, 0.6) is 0 Å². The molecule has 0 aliphatic carbocycles. The minimum absolute atomic E-state index is 0.155. The Kier molecular flexibility index (Phi) is 9.03. The standard InChI is InChI=1S/C8H14O8/c9-1-3-13-7(11)15-5-6-16-8(12)14-4-2-10/h9-10H,1-6H2. The van der Waals surface area contributed by atoms with Crippen LogP contribution in [-0.4, -0.2) is 62.2 Å². The van der Waals surface area contributed by atoms with Crippen molar-refractivity contribution in [2.24, 2.45) is 0 Å². The van der Waals surface area contributed by atoms with Crippen LogP contribution in [0.3, 0.4) is 0 Å². The second kappa shape index (κ2) is 9.99. The van der Waals surface area contributed by atoms with E-state index in [2.05, 4.69) is 18.9 Å². The zero-order chi connectivity index (χ0) is 12.2. The van der Waals surface area contributed by atoms with Gasteiger partial charge in [0.2, 0.25) is 0 Å². The smallest absolute Gasteiger partial charge is 0.432 e. The summed E-state index contributed by atoms with van der Waals surface area (Å²) in [5.41, 5.74) is 0. The number of carbonyl (C=O) groups excluding carboxylic acids is 2. The van der Waals surface area contributed by atoms with Gasteiger partial charge < -0.3 is 29.2 Å². The van der Waals surface area contributed by atoms with E-state index in [1.807, 2.05) is 0 Å². The van der Waals surface area contributed by atoms with Gasteiger partial charge in [0, 0.05) is 0 Å². The van der Waals surface area contributed by atoms with Crippen LogP contribution in [0.1, 0.15) is 0 Å². The van der Waals surface area contributed by atoms with Gasteiger partial charge in [-0.05, 0) is 0 Å². The summed E-state index contributed by atoms with van der Waals surface area (Å²) in [7, 11) is 0. The Morgan fingerprint density at radius 2 is 1.00 bits per heavy atom. The molecule has 0 aliphatic heterocycles. The number of carbonyl (C=O) groups is 2. The van der Waals surface area contributed by atoms with Gasteiger partial charge in [0.05, 0.1) is 13.2 Å². The first-order valence-electron chi connectivity index (χ1n) is 4.51. The van der Waals surface area contributed by atoms with Gasteiger partial charge in [-0.3, -0.25) is 0 Å². The Hall–Kier alpha value is -1.54. The molecule has 0 bridgehead atoms. The van der Waals surface area contributed by atoms with E-state index >= 15 is 0 Å². The second-order valence-electron chi connectivity index (χ2n) is 2.34. The van der Waals surface area contributed by atoms with Crippen molar-refractivity contribution in [1.82, 2.24) is 0 Å². The Morgan fingerprint density at radius 3 is 1.31 bits per heavy atom. The van der Waals surface area contributed by atoms with Crippen molar-refractivity contribution < 1.29 is 38.7 Å². The fourth-order valence-electron chi connectivity index (χ4n) is 0.591. The van der Waals surface area contributed by atoms with Gasteiger partial charge in [0.1, 0.15) is 26.4 Å². The maximum atomic E-state index is 10.7. The van der Waals surface area contributed by atoms with E-state index in [9.17, 15) is 9.59 Å². The second-order valence-corrected chi connectivity index (χ2v) is 2.34. The molecule has 0 saturated carbocycles. The van der Waals surface area contributed by atoms with Crippen LogP contribution in [0.2, 0.25) is 0 Å². The molecule has 8 nitrogen and oxygen atoms in total. The Labute approximate surface area is 91.7 Å². The normalized spacial score (nSPS) is 9.38. The molecule has 0 atom stereocenters. The first-order chi connectivity index (χ1) is 7.70. The predicted octanol–water partition coefficient (Wildman–Crippen LogP) is -0.723. The number of hydrogen-bond acceptors (Lipinski definition) is 8. The molecule has 0 spiro atoms. The zero-order valence-electron chi connectivity index (χ0n) is 8.59. The third-order valence-electron chi connectivity index (χ3n) is 1.15. The number of aliphatic hydroxyl groups excluding tert-OH is 2. The van der Waals surface area contributed by atoms with Crippen molar-refractivity contribution in [3.05, 3.63) is 0 Å². The number of rotatable bonds is 7. The summed E-state index contributed by atoms with van der Waals surface area (Å²) in [6, 6.07) is 0. The lowest BCUT2D eigenvalue weighted by atomic mass is 10.8. The van der Waals surface area contributed by atoms with Crippen LogP contribution >= 0.6 is 0 Å². The molecule has 0 aromatic rings. The quantitative estimate of drug-likeness (QED) is 0.441. The monoisotopic (exact) mass is 238 g/mol. The highest BCUT2D eigenvalue weighted by molar-refractivity contribution is 5.60. The van der Waals surface area contributed by atoms with Crippen molar-refractivity contribution in [3.63, 3.8) is 0 Å². The van der Waals surface area contributed by atoms with Gasteiger partial charge in [0.15, 0.2) is 0 Å². The third-order valence-corrected chi connectivity index (χ3v) is 1.15. The summed E-state index contributed by atoms with van der Waals surface area (Å²) in [6.07, 6.45) is -1.91. The van der Waals surface area contributed by atoms with Gasteiger partial charge in [-0.2, -0.15) is 0 Å². The lowest BCUT2D eigenvalue weighted by Gasteiger charge is -2.06. The Morgan fingerprint density at radius 1 is 0.688 bits per heavy atom. The van der Waals surface area contributed by atoms with Gasteiger partial charge in [-0.25, -0.2) is 9.59 Å². The first-order valence-corrected chi connectivity index (χ1v) is 4.51. The van der Waals surface area contributed by atoms with E-state index in [0.717, 1.165) is 0 Å². The van der Waals surface area contributed by atoms with Gasteiger partial charge in [0.25, 0.3) is 0 Å². The van der Waals surface area contributed by atoms with Gasteiger partial charge in [-0.1, -0.05) is 0 Å². The molecule has 2 N–H and O–H groups in total. The topological polar surface area (TPSA) is 112 Å². The highest BCUT2D eigenvalue weighted by Crippen LogP contribution is 1.88. The van der Waals surface area contributed by atoms with Crippen molar-refractivity contribution in [1.29, 1.82) is 0 Å². The largest absolute Gasteiger partial charge is 0.508 e. The van der Waals surface area contributed by atoms with Gasteiger partial charge >= 0.3 is 12.3 Å². The minimum atomic E-state index is -0.957. The van der Waals surface area contributed by atoms with E-state index in [0.29, 0.717) is 0 Å². The van der Waals surface area contributed by atoms with Crippen molar-refractivity contribution in [3.8, 4) is 0 Å². The van der Waals surface area contributed by atoms with E-state index < -0.39 is 12.3 Å². The van der Waals surface area contributed by atoms with Crippen LogP contribution < -0.4 is 0 Å². The molecule has 16 heavy (non-hydrogen) atoms. The SMILES string of the molecule is O=C(OCCO)OCCOC(=O)OCCO. The molecule has 0 aliphatic rings. The maximum Gasteiger partial charge on any atom is 0.508 e. The molecule has 0 rings (SSSR count).